The van der Waals surface area contributed by atoms with Gasteiger partial charge in [-0.05, 0) is 63.2 Å². The molecule has 1 aromatic heterocycles. The monoisotopic (exact) mass is 338 g/mol. The number of amides is 1. The second-order valence-corrected chi connectivity index (χ2v) is 7.22. The first-order valence-corrected chi connectivity index (χ1v) is 9.45. The fourth-order valence-electron chi connectivity index (χ4n) is 3.71. The highest BCUT2D eigenvalue weighted by Crippen LogP contribution is 2.42. The van der Waals surface area contributed by atoms with E-state index in [4.69, 9.17) is 0 Å². The van der Waals surface area contributed by atoms with Crippen molar-refractivity contribution in [1.82, 2.24) is 20.4 Å². The lowest BCUT2D eigenvalue weighted by molar-refractivity contribution is 0.0949. The number of hydrogen-bond donors (Lipinski definition) is 2. The summed E-state index contributed by atoms with van der Waals surface area (Å²) in [6, 6.07) is 10.1. The van der Waals surface area contributed by atoms with Crippen LogP contribution in [0.5, 0.6) is 0 Å². The van der Waals surface area contributed by atoms with Crippen LogP contribution in [0.2, 0.25) is 0 Å². The van der Waals surface area contributed by atoms with E-state index < -0.39 is 0 Å². The number of para-hydroxylation sites is 1. The SMILES string of the molecule is O=C(NCCC1CCCNC1)c1cnn(-c2ccccc2)c1C1CC1. The molecule has 1 aromatic carbocycles. The Morgan fingerprint density at radius 2 is 2.08 bits per heavy atom. The van der Waals surface area contributed by atoms with Gasteiger partial charge in [-0.3, -0.25) is 4.79 Å². The van der Waals surface area contributed by atoms with E-state index in [1.807, 2.05) is 35.0 Å². The van der Waals surface area contributed by atoms with Gasteiger partial charge in [-0.25, -0.2) is 4.68 Å². The van der Waals surface area contributed by atoms with Crippen LogP contribution in [0.3, 0.4) is 0 Å². The van der Waals surface area contributed by atoms with Crippen LogP contribution in [-0.4, -0.2) is 35.3 Å². The Kier molecular flexibility index (Phi) is 4.83. The topological polar surface area (TPSA) is 59.0 Å². The normalized spacial score (nSPS) is 20.4. The molecular formula is C20H26N4O. The van der Waals surface area contributed by atoms with Gasteiger partial charge in [0.25, 0.3) is 5.91 Å². The van der Waals surface area contributed by atoms with E-state index in [1.165, 1.54) is 12.8 Å². The largest absolute Gasteiger partial charge is 0.352 e. The number of nitrogens with zero attached hydrogens (tertiary/aromatic N) is 2. The molecule has 1 amide bonds. The van der Waals surface area contributed by atoms with Gasteiger partial charge in [-0.15, -0.1) is 0 Å². The van der Waals surface area contributed by atoms with Crippen molar-refractivity contribution in [3.63, 3.8) is 0 Å². The van der Waals surface area contributed by atoms with Crippen molar-refractivity contribution in [2.24, 2.45) is 5.92 Å². The average Bonchev–Trinajstić information content (AvgIpc) is 3.41. The van der Waals surface area contributed by atoms with Crippen molar-refractivity contribution < 1.29 is 4.79 Å². The Hall–Kier alpha value is -2.14. The van der Waals surface area contributed by atoms with Crippen molar-refractivity contribution in [1.29, 1.82) is 0 Å². The molecule has 2 heterocycles. The van der Waals surface area contributed by atoms with Crippen molar-refractivity contribution in [3.05, 3.63) is 47.8 Å². The lowest BCUT2D eigenvalue weighted by Crippen LogP contribution is -2.33. The maximum atomic E-state index is 12.7. The number of aromatic nitrogens is 2. The van der Waals surface area contributed by atoms with Crippen LogP contribution in [0, 0.1) is 5.92 Å². The zero-order valence-electron chi connectivity index (χ0n) is 14.6. The first-order chi connectivity index (χ1) is 12.3. The summed E-state index contributed by atoms with van der Waals surface area (Å²) in [4.78, 5) is 12.7. The third-order valence-electron chi connectivity index (χ3n) is 5.25. The molecule has 0 radical (unpaired) electrons. The van der Waals surface area contributed by atoms with Gasteiger partial charge >= 0.3 is 0 Å². The minimum Gasteiger partial charge on any atom is -0.352 e. The van der Waals surface area contributed by atoms with E-state index in [2.05, 4.69) is 15.7 Å². The Morgan fingerprint density at radius 1 is 1.24 bits per heavy atom. The zero-order valence-corrected chi connectivity index (χ0v) is 14.6. The lowest BCUT2D eigenvalue weighted by Gasteiger charge is -2.22. The van der Waals surface area contributed by atoms with E-state index in [9.17, 15) is 4.79 Å². The molecule has 1 aliphatic heterocycles. The van der Waals surface area contributed by atoms with Crippen LogP contribution < -0.4 is 10.6 Å². The third kappa shape index (κ3) is 3.76. The predicted molar refractivity (Wildman–Crippen MR) is 98.1 cm³/mol. The van der Waals surface area contributed by atoms with Gasteiger partial charge in [-0.2, -0.15) is 5.10 Å². The van der Waals surface area contributed by atoms with Crippen LogP contribution in [0.1, 0.15) is 54.1 Å². The number of nitrogens with one attached hydrogen (secondary N) is 2. The van der Waals surface area contributed by atoms with Crippen LogP contribution in [0.15, 0.2) is 36.5 Å². The Bertz CT molecular complexity index is 715. The maximum absolute atomic E-state index is 12.7. The molecule has 1 atom stereocenters. The first kappa shape index (κ1) is 16.3. The predicted octanol–water partition coefficient (Wildman–Crippen LogP) is 2.87. The number of hydrogen-bond acceptors (Lipinski definition) is 3. The van der Waals surface area contributed by atoms with Gasteiger partial charge in [0.1, 0.15) is 0 Å². The van der Waals surface area contributed by atoms with E-state index >= 15 is 0 Å². The highest BCUT2D eigenvalue weighted by atomic mass is 16.1. The summed E-state index contributed by atoms with van der Waals surface area (Å²) in [5.41, 5.74) is 2.84. The van der Waals surface area contributed by atoms with Crippen LogP contribution in [0.4, 0.5) is 0 Å². The van der Waals surface area contributed by atoms with Crippen LogP contribution in [-0.2, 0) is 0 Å². The molecule has 1 saturated heterocycles. The van der Waals surface area contributed by atoms with E-state index in [0.29, 0.717) is 11.8 Å². The maximum Gasteiger partial charge on any atom is 0.254 e. The van der Waals surface area contributed by atoms with Gasteiger partial charge in [0.2, 0.25) is 0 Å². The Labute approximate surface area is 148 Å². The van der Waals surface area contributed by atoms with Gasteiger partial charge in [0.05, 0.1) is 23.1 Å². The van der Waals surface area contributed by atoms with E-state index in [1.54, 1.807) is 6.20 Å². The summed E-state index contributed by atoms with van der Waals surface area (Å²) in [6.07, 6.45) is 7.58. The third-order valence-corrected chi connectivity index (χ3v) is 5.25. The molecule has 0 bridgehead atoms. The Morgan fingerprint density at radius 3 is 2.80 bits per heavy atom. The molecule has 132 valence electrons. The summed E-state index contributed by atoms with van der Waals surface area (Å²) in [5.74, 6) is 1.17. The van der Waals surface area contributed by atoms with E-state index in [-0.39, 0.29) is 5.91 Å². The fourth-order valence-corrected chi connectivity index (χ4v) is 3.71. The van der Waals surface area contributed by atoms with Crippen LogP contribution >= 0.6 is 0 Å². The molecule has 1 aliphatic carbocycles. The minimum absolute atomic E-state index is 0.0212. The molecule has 2 fully saturated rings. The number of carbonyl (C=O) groups excluding carboxylic acids is 1. The summed E-state index contributed by atoms with van der Waals surface area (Å²) in [5, 5.41) is 11.1. The van der Waals surface area contributed by atoms with Gasteiger partial charge in [0.15, 0.2) is 0 Å². The fraction of sp³-hybridized carbons (Fsp3) is 0.500. The number of benzene rings is 1. The highest BCUT2D eigenvalue weighted by Gasteiger charge is 2.32. The summed E-state index contributed by atoms with van der Waals surface area (Å²) >= 11 is 0. The number of carbonyl (C=O) groups is 1. The average molecular weight is 338 g/mol. The van der Waals surface area contributed by atoms with Gasteiger partial charge < -0.3 is 10.6 Å². The summed E-state index contributed by atoms with van der Waals surface area (Å²) in [6.45, 7) is 2.95. The van der Waals surface area contributed by atoms with Gasteiger partial charge in [-0.1, -0.05) is 18.2 Å². The molecule has 0 spiro atoms. The quantitative estimate of drug-likeness (QED) is 0.851. The van der Waals surface area contributed by atoms with Gasteiger partial charge in [0, 0.05) is 12.5 Å². The highest BCUT2D eigenvalue weighted by molar-refractivity contribution is 5.95. The molecular weight excluding hydrogens is 312 g/mol. The minimum atomic E-state index is 0.0212. The molecule has 25 heavy (non-hydrogen) atoms. The molecule has 1 unspecified atom stereocenters. The zero-order chi connectivity index (χ0) is 17.1. The first-order valence-electron chi connectivity index (χ1n) is 9.45. The number of rotatable bonds is 6. The van der Waals surface area contributed by atoms with Crippen molar-refractivity contribution in [2.45, 2.75) is 38.0 Å². The summed E-state index contributed by atoms with van der Waals surface area (Å²) < 4.78 is 1.94. The van der Waals surface area contributed by atoms with Crippen molar-refractivity contribution >= 4 is 5.91 Å². The van der Waals surface area contributed by atoms with Crippen LogP contribution in [0.25, 0.3) is 5.69 Å². The van der Waals surface area contributed by atoms with Crippen molar-refractivity contribution in [2.75, 3.05) is 19.6 Å². The lowest BCUT2D eigenvalue weighted by atomic mass is 9.96. The molecule has 2 aromatic rings. The molecule has 4 rings (SSSR count). The smallest absolute Gasteiger partial charge is 0.254 e. The summed E-state index contributed by atoms with van der Waals surface area (Å²) in [7, 11) is 0. The molecule has 5 nitrogen and oxygen atoms in total. The molecule has 2 aliphatic rings. The second kappa shape index (κ2) is 7.40. The van der Waals surface area contributed by atoms with E-state index in [0.717, 1.165) is 55.8 Å². The second-order valence-electron chi connectivity index (χ2n) is 7.22. The molecule has 1 saturated carbocycles. The standard InChI is InChI=1S/C20H26N4O/c25-20(22-12-10-15-5-4-11-21-13-15)18-14-23-24(19(18)16-8-9-16)17-6-2-1-3-7-17/h1-3,6-7,14-16,21H,4-5,8-13H2,(H,22,25). The Balaban J connectivity index is 1.44. The number of piperidine rings is 1. The molecule has 2 N–H and O–H groups in total. The van der Waals surface area contributed by atoms with Crippen molar-refractivity contribution in [3.8, 4) is 5.69 Å². The molecule has 5 heteroatoms.